The second-order valence-electron chi connectivity index (χ2n) is 7.40. The Kier molecular flexibility index (Phi) is 16.1. The van der Waals surface area contributed by atoms with Crippen molar-refractivity contribution in [1.29, 1.82) is 0 Å². The zero-order valence-electron chi connectivity index (χ0n) is 19.2. The molecule has 0 radical (unpaired) electrons. The van der Waals surface area contributed by atoms with E-state index in [1.165, 1.54) is 6.08 Å². The summed E-state index contributed by atoms with van der Waals surface area (Å²) in [6, 6.07) is 0. The SMILES string of the molecule is C=C/C(=C\C=C/C)O/C(=C(/C/C=C\C)NC(=O)C1CCCCC1)C(CO)C(F)(P)P.C=O. The lowest BCUT2D eigenvalue weighted by Gasteiger charge is -2.30. The summed E-state index contributed by atoms with van der Waals surface area (Å²) < 4.78 is 21.0. The smallest absolute Gasteiger partial charge is 0.227 e. The van der Waals surface area contributed by atoms with Crippen LogP contribution in [0.15, 0.2) is 60.3 Å². The van der Waals surface area contributed by atoms with E-state index in [4.69, 9.17) is 9.53 Å². The average molecular weight is 486 g/mol. The molecule has 1 rings (SSSR count). The van der Waals surface area contributed by atoms with Gasteiger partial charge in [0.15, 0.2) is 0 Å². The zero-order chi connectivity index (χ0) is 24.6. The molecule has 5 nitrogen and oxygen atoms in total. The Bertz CT molecular complexity index is 705. The number of allylic oxidation sites excluding steroid dienone is 6. The number of ether oxygens (including phenoxy) is 1. The number of carbonyl (C=O) groups is 2. The molecule has 1 saturated carbocycles. The van der Waals surface area contributed by atoms with Crippen LogP contribution >= 0.6 is 18.5 Å². The second kappa shape index (κ2) is 16.9. The van der Waals surface area contributed by atoms with Gasteiger partial charge in [0.2, 0.25) is 5.91 Å². The van der Waals surface area contributed by atoms with Gasteiger partial charge in [-0.15, -0.1) is 0 Å². The molecule has 0 aromatic rings. The predicted octanol–water partition coefficient (Wildman–Crippen LogP) is 5.32. The summed E-state index contributed by atoms with van der Waals surface area (Å²) >= 11 is 0. The Morgan fingerprint density at radius 3 is 2.34 bits per heavy atom. The molecule has 3 atom stereocenters. The quantitative estimate of drug-likeness (QED) is 0.180. The van der Waals surface area contributed by atoms with Crippen molar-refractivity contribution in [3.05, 3.63) is 60.3 Å². The fourth-order valence-electron chi connectivity index (χ4n) is 3.29. The van der Waals surface area contributed by atoms with Gasteiger partial charge in [0.05, 0.1) is 18.2 Å². The first-order valence-corrected chi connectivity index (χ1v) is 11.9. The number of aliphatic hydroxyl groups excluding tert-OH is 1. The maximum Gasteiger partial charge on any atom is 0.227 e. The highest BCUT2D eigenvalue weighted by Crippen LogP contribution is 2.42. The number of halogens is 1. The minimum absolute atomic E-state index is 0.0623. The van der Waals surface area contributed by atoms with E-state index >= 15 is 0 Å². The second-order valence-corrected chi connectivity index (χ2v) is 9.84. The molecule has 1 amide bonds. The summed E-state index contributed by atoms with van der Waals surface area (Å²) in [6.07, 6.45) is 15.8. The Balaban J connectivity index is 0.00000466. The molecular formula is C24H38FNO4P2. The van der Waals surface area contributed by atoms with E-state index in [1.807, 2.05) is 38.9 Å². The number of amides is 1. The lowest BCUT2D eigenvalue weighted by Crippen LogP contribution is -2.35. The number of alkyl halides is 1. The van der Waals surface area contributed by atoms with Crippen LogP contribution in [-0.2, 0) is 14.3 Å². The standard InChI is InChI=1S/C23H36FNO3P2.CH2O/c1-4-7-14-18(6-3)28-21(19(16-26)23(24,29)30)20(15-8-5-2)25-22(27)17-12-10-9-11-13-17;1-2/h4-8,14,17,19,26H,3,9-13,15-16,29-30H2,1-2H3,(H,25,27);1H2/b7-4-,8-5-,18-14+,21-20-;. The van der Waals surface area contributed by atoms with Crippen molar-refractivity contribution in [2.45, 2.75) is 57.5 Å². The number of nitrogens with one attached hydrogen (secondary N) is 1. The van der Waals surface area contributed by atoms with Crippen LogP contribution < -0.4 is 5.32 Å². The summed E-state index contributed by atoms with van der Waals surface area (Å²) in [6.45, 7) is 8.99. The van der Waals surface area contributed by atoms with Crippen molar-refractivity contribution in [3.63, 3.8) is 0 Å². The van der Waals surface area contributed by atoms with Gasteiger partial charge in [-0.05, 0) is 38.8 Å². The van der Waals surface area contributed by atoms with Crippen molar-refractivity contribution in [2.24, 2.45) is 11.8 Å². The van der Waals surface area contributed by atoms with Crippen molar-refractivity contribution < 1.29 is 23.8 Å². The van der Waals surface area contributed by atoms with Crippen LogP contribution in [0.1, 0.15) is 52.4 Å². The zero-order valence-corrected chi connectivity index (χ0v) is 21.5. The fourth-order valence-corrected chi connectivity index (χ4v) is 3.81. The van der Waals surface area contributed by atoms with Gasteiger partial charge in [0.25, 0.3) is 0 Å². The molecule has 1 fully saturated rings. The van der Waals surface area contributed by atoms with Crippen molar-refractivity contribution >= 4 is 31.2 Å². The van der Waals surface area contributed by atoms with Gasteiger partial charge in [-0.3, -0.25) is 4.79 Å². The monoisotopic (exact) mass is 485 g/mol. The Morgan fingerprint density at radius 1 is 1.25 bits per heavy atom. The highest BCUT2D eigenvalue weighted by molar-refractivity contribution is 7.39. The van der Waals surface area contributed by atoms with Crippen molar-refractivity contribution in [3.8, 4) is 0 Å². The maximum absolute atomic E-state index is 14.9. The molecule has 0 aromatic carbocycles. The van der Waals surface area contributed by atoms with Crippen molar-refractivity contribution in [2.75, 3.05) is 6.61 Å². The van der Waals surface area contributed by atoms with Crippen LogP contribution in [0.2, 0.25) is 0 Å². The molecule has 2 N–H and O–H groups in total. The van der Waals surface area contributed by atoms with Gasteiger partial charge in [-0.2, -0.15) is 0 Å². The summed E-state index contributed by atoms with van der Waals surface area (Å²) in [5.74, 6) is -0.587. The van der Waals surface area contributed by atoms with Crippen LogP contribution in [0.25, 0.3) is 0 Å². The molecule has 0 saturated heterocycles. The van der Waals surface area contributed by atoms with Crippen LogP contribution in [0.3, 0.4) is 0 Å². The number of rotatable bonds is 11. The van der Waals surface area contributed by atoms with Gasteiger partial charge >= 0.3 is 0 Å². The highest BCUT2D eigenvalue weighted by atomic mass is 31.1. The topological polar surface area (TPSA) is 75.6 Å². The normalized spacial score (nSPS) is 17.4. The van der Waals surface area contributed by atoms with Gasteiger partial charge < -0.3 is 20.0 Å². The lowest BCUT2D eigenvalue weighted by atomic mass is 9.88. The molecule has 3 unspecified atom stereocenters. The Hall–Kier alpha value is -1.61. The summed E-state index contributed by atoms with van der Waals surface area (Å²) in [5.41, 5.74) is 0.447. The first-order chi connectivity index (χ1) is 15.3. The van der Waals surface area contributed by atoms with E-state index < -0.39 is 17.7 Å². The van der Waals surface area contributed by atoms with Crippen molar-refractivity contribution in [1.82, 2.24) is 5.32 Å². The lowest BCUT2D eigenvalue weighted by molar-refractivity contribution is -0.125. The van der Waals surface area contributed by atoms with Crippen LogP contribution in [0.4, 0.5) is 4.39 Å². The van der Waals surface area contributed by atoms with E-state index in [0.717, 1.165) is 32.1 Å². The molecule has 1 aliphatic rings. The molecule has 8 heteroatoms. The van der Waals surface area contributed by atoms with Gasteiger partial charge in [0, 0.05) is 12.3 Å². The van der Waals surface area contributed by atoms with Crippen LogP contribution in [-0.4, -0.2) is 29.6 Å². The van der Waals surface area contributed by atoms with E-state index in [9.17, 15) is 14.3 Å². The number of hydrogen-bond acceptors (Lipinski definition) is 4. The number of aliphatic hydroxyl groups is 1. The summed E-state index contributed by atoms with van der Waals surface area (Å²) in [7, 11) is 4.16. The number of carbonyl (C=O) groups excluding carboxylic acids is 2. The van der Waals surface area contributed by atoms with E-state index in [2.05, 4.69) is 30.4 Å². The largest absolute Gasteiger partial charge is 0.459 e. The molecule has 1 aliphatic carbocycles. The molecule has 0 spiro atoms. The molecule has 0 bridgehead atoms. The molecule has 32 heavy (non-hydrogen) atoms. The fraction of sp³-hybridized carbons (Fsp3) is 0.500. The summed E-state index contributed by atoms with van der Waals surface area (Å²) in [4.78, 5) is 20.9. The Labute approximate surface area is 196 Å². The van der Waals surface area contributed by atoms with Crippen LogP contribution in [0.5, 0.6) is 0 Å². The first-order valence-electron chi connectivity index (χ1n) is 10.7. The molecule has 0 heterocycles. The molecule has 0 aliphatic heterocycles. The molecule has 180 valence electrons. The minimum atomic E-state index is -1.92. The number of hydrogen-bond donors (Lipinski definition) is 2. The van der Waals surface area contributed by atoms with Crippen LogP contribution in [0, 0.1) is 11.8 Å². The first kappa shape index (κ1) is 30.4. The predicted molar refractivity (Wildman–Crippen MR) is 136 cm³/mol. The van der Waals surface area contributed by atoms with E-state index in [-0.39, 0.29) is 17.6 Å². The van der Waals surface area contributed by atoms with E-state index in [1.54, 1.807) is 12.2 Å². The average Bonchev–Trinajstić information content (AvgIpc) is 2.79. The third-order valence-corrected chi connectivity index (χ3v) is 5.82. The molecule has 0 aromatic heterocycles. The third kappa shape index (κ3) is 10.8. The summed E-state index contributed by atoms with van der Waals surface area (Å²) in [5, 5.41) is 11.0. The van der Waals surface area contributed by atoms with Gasteiger partial charge in [-0.25, -0.2) is 4.39 Å². The Morgan fingerprint density at radius 2 is 1.88 bits per heavy atom. The molecular weight excluding hydrogens is 447 g/mol. The van der Waals surface area contributed by atoms with E-state index in [0.29, 0.717) is 17.9 Å². The third-order valence-electron chi connectivity index (χ3n) is 5.02. The highest BCUT2D eigenvalue weighted by Gasteiger charge is 2.36. The van der Waals surface area contributed by atoms with Gasteiger partial charge in [0.1, 0.15) is 23.5 Å². The maximum atomic E-state index is 14.9. The minimum Gasteiger partial charge on any atom is -0.459 e. The van der Waals surface area contributed by atoms with Gasteiger partial charge in [-0.1, -0.05) is 68.6 Å².